The first kappa shape index (κ1) is 24.6. The highest BCUT2D eigenvalue weighted by atomic mass is 16.5. The van der Waals surface area contributed by atoms with Gasteiger partial charge in [-0.05, 0) is 51.0 Å². The first-order chi connectivity index (χ1) is 17.3. The Hall–Kier alpha value is -3.10. The number of likely N-dealkylation sites (tertiary alicyclic amines) is 1. The number of methoxy groups -OCH3 is 1. The zero-order valence-corrected chi connectivity index (χ0v) is 22.1. The summed E-state index contributed by atoms with van der Waals surface area (Å²) >= 11 is 0. The maximum Gasteiger partial charge on any atom is 0.317 e. The van der Waals surface area contributed by atoms with Gasteiger partial charge in [-0.15, -0.1) is 0 Å². The summed E-state index contributed by atoms with van der Waals surface area (Å²) in [5, 5.41) is 7.56. The van der Waals surface area contributed by atoms with Crippen LogP contribution in [0.4, 0.5) is 10.5 Å². The SMILES string of the molecule is COC1(c2ccc(-c3cc4c(N5CCN(C(=O)NC(C)C)CC5)ccnn4c3)cc2)CN(C(C)C)C1. The van der Waals surface area contributed by atoms with Crippen LogP contribution in [0.15, 0.2) is 48.8 Å². The number of amides is 2. The van der Waals surface area contributed by atoms with Gasteiger partial charge in [0.25, 0.3) is 0 Å². The topological polar surface area (TPSA) is 65.3 Å². The maximum absolute atomic E-state index is 12.4. The van der Waals surface area contributed by atoms with Gasteiger partial charge in [0.15, 0.2) is 0 Å². The number of anilines is 1. The molecular weight excluding hydrogens is 452 g/mol. The average Bonchev–Trinajstić information content (AvgIpc) is 3.28. The smallest absolute Gasteiger partial charge is 0.317 e. The van der Waals surface area contributed by atoms with Gasteiger partial charge < -0.3 is 19.9 Å². The molecule has 0 atom stereocenters. The van der Waals surface area contributed by atoms with Gasteiger partial charge in [-0.1, -0.05) is 24.3 Å². The van der Waals surface area contributed by atoms with E-state index in [-0.39, 0.29) is 17.7 Å². The molecule has 0 saturated carbocycles. The number of fused-ring (bicyclic) bond motifs is 1. The number of hydrogen-bond donors (Lipinski definition) is 1. The van der Waals surface area contributed by atoms with Gasteiger partial charge in [-0.25, -0.2) is 9.31 Å². The number of ether oxygens (including phenoxy) is 1. The second-order valence-corrected chi connectivity index (χ2v) is 10.6. The molecule has 2 aliphatic heterocycles. The zero-order chi connectivity index (χ0) is 25.4. The molecule has 0 aliphatic carbocycles. The van der Waals surface area contributed by atoms with Crippen molar-refractivity contribution in [2.24, 2.45) is 0 Å². The van der Waals surface area contributed by atoms with E-state index >= 15 is 0 Å². The third kappa shape index (κ3) is 4.55. The van der Waals surface area contributed by atoms with E-state index in [9.17, 15) is 4.79 Å². The highest BCUT2D eigenvalue weighted by molar-refractivity contribution is 5.80. The Morgan fingerprint density at radius 2 is 1.69 bits per heavy atom. The Labute approximate surface area is 213 Å². The van der Waals surface area contributed by atoms with E-state index in [1.54, 1.807) is 0 Å². The molecule has 0 bridgehead atoms. The molecule has 192 valence electrons. The standard InChI is InChI=1S/C28H38N6O2/c1-20(2)30-27(35)32-14-12-31(13-15-32)25-10-11-29-34-17-23(16-26(25)34)22-6-8-24(9-7-22)28(36-5)18-33(19-28)21(3)4/h6-11,16-17,20-21H,12-15,18-19H2,1-5H3,(H,30,35). The Kier molecular flexibility index (Phi) is 6.66. The molecule has 3 aromatic rings. The number of benzene rings is 1. The Balaban J connectivity index is 1.32. The van der Waals surface area contributed by atoms with Crippen LogP contribution in [-0.2, 0) is 10.3 Å². The van der Waals surface area contributed by atoms with Gasteiger partial charge >= 0.3 is 6.03 Å². The van der Waals surface area contributed by atoms with Crippen LogP contribution < -0.4 is 10.2 Å². The second-order valence-electron chi connectivity index (χ2n) is 10.6. The fraction of sp³-hybridized carbons (Fsp3) is 0.500. The maximum atomic E-state index is 12.4. The third-order valence-corrected chi connectivity index (χ3v) is 7.59. The molecule has 8 heteroatoms. The van der Waals surface area contributed by atoms with Crippen molar-refractivity contribution in [3.05, 3.63) is 54.4 Å². The van der Waals surface area contributed by atoms with E-state index < -0.39 is 0 Å². The van der Waals surface area contributed by atoms with Crippen molar-refractivity contribution in [2.45, 2.75) is 45.4 Å². The number of carbonyl (C=O) groups is 1. The lowest BCUT2D eigenvalue weighted by atomic mass is 9.84. The molecule has 2 amide bonds. The van der Waals surface area contributed by atoms with E-state index in [0.29, 0.717) is 19.1 Å². The summed E-state index contributed by atoms with van der Waals surface area (Å²) in [5.74, 6) is 0. The van der Waals surface area contributed by atoms with Crippen molar-refractivity contribution in [1.29, 1.82) is 0 Å². The van der Waals surface area contributed by atoms with Gasteiger partial charge in [0.1, 0.15) is 5.60 Å². The molecule has 2 fully saturated rings. The molecule has 0 unspecified atom stereocenters. The molecule has 5 rings (SSSR count). The molecule has 1 N–H and O–H groups in total. The average molecular weight is 491 g/mol. The van der Waals surface area contributed by atoms with Crippen molar-refractivity contribution in [2.75, 3.05) is 51.3 Å². The number of hydrogen-bond acceptors (Lipinski definition) is 5. The Morgan fingerprint density at radius 3 is 2.31 bits per heavy atom. The lowest BCUT2D eigenvalue weighted by Gasteiger charge is -2.51. The number of rotatable bonds is 6. The van der Waals surface area contributed by atoms with E-state index in [1.165, 1.54) is 5.56 Å². The summed E-state index contributed by atoms with van der Waals surface area (Å²) in [6, 6.07) is 13.8. The number of urea groups is 1. The molecule has 36 heavy (non-hydrogen) atoms. The van der Waals surface area contributed by atoms with E-state index in [0.717, 1.165) is 48.5 Å². The van der Waals surface area contributed by atoms with Crippen molar-refractivity contribution in [3.63, 3.8) is 0 Å². The first-order valence-electron chi connectivity index (χ1n) is 13.0. The van der Waals surface area contributed by atoms with Gasteiger partial charge in [-0.2, -0.15) is 5.10 Å². The predicted octanol–water partition coefficient (Wildman–Crippen LogP) is 3.81. The minimum Gasteiger partial charge on any atom is -0.371 e. The Morgan fingerprint density at radius 1 is 1.00 bits per heavy atom. The lowest BCUT2D eigenvalue weighted by molar-refractivity contribution is -0.141. The minimum atomic E-state index is -0.211. The van der Waals surface area contributed by atoms with Gasteiger partial charge in [0.2, 0.25) is 0 Å². The van der Waals surface area contributed by atoms with Crippen molar-refractivity contribution < 1.29 is 9.53 Å². The number of carbonyl (C=O) groups excluding carboxylic acids is 1. The summed E-state index contributed by atoms with van der Waals surface area (Å²) in [6.07, 6.45) is 3.95. The monoisotopic (exact) mass is 490 g/mol. The van der Waals surface area contributed by atoms with Gasteiger partial charge in [0, 0.05) is 76.4 Å². The largest absolute Gasteiger partial charge is 0.371 e. The van der Waals surface area contributed by atoms with E-state index in [1.807, 2.05) is 36.6 Å². The second kappa shape index (κ2) is 9.75. The molecule has 8 nitrogen and oxygen atoms in total. The fourth-order valence-electron chi connectivity index (χ4n) is 5.28. The highest BCUT2D eigenvalue weighted by Crippen LogP contribution is 2.37. The quantitative estimate of drug-likeness (QED) is 0.569. The summed E-state index contributed by atoms with van der Waals surface area (Å²) in [7, 11) is 1.82. The van der Waals surface area contributed by atoms with Crippen molar-refractivity contribution in [1.82, 2.24) is 24.7 Å². The van der Waals surface area contributed by atoms with Crippen LogP contribution in [0.5, 0.6) is 0 Å². The lowest BCUT2D eigenvalue weighted by Crippen LogP contribution is -2.62. The first-order valence-corrected chi connectivity index (χ1v) is 13.0. The predicted molar refractivity (Wildman–Crippen MR) is 143 cm³/mol. The molecule has 2 aromatic heterocycles. The number of nitrogens with one attached hydrogen (secondary N) is 1. The van der Waals surface area contributed by atoms with Crippen LogP contribution in [0.2, 0.25) is 0 Å². The van der Waals surface area contributed by atoms with E-state index in [4.69, 9.17) is 4.74 Å². The van der Waals surface area contributed by atoms with Gasteiger partial charge in [-0.3, -0.25) is 4.90 Å². The van der Waals surface area contributed by atoms with Crippen LogP contribution >= 0.6 is 0 Å². The van der Waals surface area contributed by atoms with Crippen LogP contribution in [0.25, 0.3) is 16.6 Å². The normalized spacial score (nSPS) is 18.2. The summed E-state index contributed by atoms with van der Waals surface area (Å²) in [4.78, 5) is 19.1. The summed E-state index contributed by atoms with van der Waals surface area (Å²) in [6.45, 7) is 13.3. The zero-order valence-electron chi connectivity index (χ0n) is 22.1. The van der Waals surface area contributed by atoms with Gasteiger partial charge in [0.05, 0.1) is 11.2 Å². The highest BCUT2D eigenvalue weighted by Gasteiger charge is 2.45. The minimum absolute atomic E-state index is 0.0204. The number of nitrogens with zero attached hydrogens (tertiary/aromatic N) is 5. The van der Waals surface area contributed by atoms with Crippen LogP contribution in [0.1, 0.15) is 33.3 Å². The van der Waals surface area contributed by atoms with Crippen LogP contribution in [0, 0.1) is 0 Å². The van der Waals surface area contributed by atoms with Crippen LogP contribution in [-0.4, -0.2) is 83.9 Å². The van der Waals surface area contributed by atoms with E-state index in [2.05, 4.69) is 76.7 Å². The third-order valence-electron chi connectivity index (χ3n) is 7.59. The molecule has 4 heterocycles. The summed E-state index contributed by atoms with van der Waals surface area (Å²) < 4.78 is 7.93. The van der Waals surface area contributed by atoms with Crippen molar-refractivity contribution >= 4 is 17.2 Å². The number of aromatic nitrogens is 2. The molecule has 1 aromatic carbocycles. The molecule has 2 aliphatic rings. The molecule has 0 spiro atoms. The number of piperazine rings is 1. The molecule has 0 radical (unpaired) electrons. The van der Waals surface area contributed by atoms with Crippen molar-refractivity contribution in [3.8, 4) is 11.1 Å². The van der Waals surface area contributed by atoms with Crippen LogP contribution in [0.3, 0.4) is 0 Å². The molecule has 2 saturated heterocycles. The molecular formula is C28H38N6O2. The Bertz CT molecular complexity index is 1200. The fourth-order valence-corrected chi connectivity index (χ4v) is 5.28. The summed E-state index contributed by atoms with van der Waals surface area (Å²) in [5.41, 5.74) is 5.55.